The fourth-order valence-corrected chi connectivity index (χ4v) is 3.87. The van der Waals surface area contributed by atoms with E-state index in [2.05, 4.69) is 15.9 Å². The van der Waals surface area contributed by atoms with Crippen molar-refractivity contribution in [2.24, 2.45) is 5.92 Å². The number of benzene rings is 1. The number of halogens is 2. The average molecular weight is 321 g/mol. The molecule has 1 fully saturated rings. The first-order valence-electron chi connectivity index (χ1n) is 5.09. The Morgan fingerprint density at radius 3 is 2.65 bits per heavy atom. The summed E-state index contributed by atoms with van der Waals surface area (Å²) in [6.45, 7) is 0. The molecule has 92 valence electrons. The van der Waals surface area contributed by atoms with E-state index in [0.29, 0.717) is 6.42 Å². The third-order valence-corrected chi connectivity index (χ3v) is 5.22. The molecule has 0 saturated carbocycles. The van der Waals surface area contributed by atoms with Crippen molar-refractivity contribution in [1.82, 2.24) is 0 Å². The molecule has 1 heterocycles. The molecular weight excluding hydrogens is 311 g/mol. The fourth-order valence-electron chi connectivity index (χ4n) is 1.89. The van der Waals surface area contributed by atoms with Gasteiger partial charge in [-0.25, -0.2) is 12.8 Å². The standard InChI is InChI=1S/C11H10BrFO3S/c12-9-2-1-7(5-10(9)13)11(14)8-3-4-17(15,16)6-8/h1-2,5,8H,3-4,6H2. The minimum Gasteiger partial charge on any atom is -0.294 e. The van der Waals surface area contributed by atoms with Crippen molar-refractivity contribution in [2.75, 3.05) is 11.5 Å². The van der Waals surface area contributed by atoms with Crippen molar-refractivity contribution >= 4 is 31.6 Å². The molecule has 1 unspecified atom stereocenters. The highest BCUT2D eigenvalue weighted by molar-refractivity contribution is 9.10. The third-order valence-electron chi connectivity index (χ3n) is 2.81. The van der Waals surface area contributed by atoms with E-state index in [4.69, 9.17) is 0 Å². The van der Waals surface area contributed by atoms with E-state index >= 15 is 0 Å². The van der Waals surface area contributed by atoms with Crippen LogP contribution in [-0.4, -0.2) is 25.7 Å². The van der Waals surface area contributed by atoms with Crippen molar-refractivity contribution in [3.05, 3.63) is 34.1 Å². The molecule has 17 heavy (non-hydrogen) atoms. The number of sulfone groups is 1. The number of carbonyl (C=O) groups is 1. The molecule has 0 N–H and O–H groups in total. The second-order valence-corrected chi connectivity index (χ2v) is 7.18. The summed E-state index contributed by atoms with van der Waals surface area (Å²) in [5.74, 6) is -1.42. The Balaban J connectivity index is 2.23. The van der Waals surface area contributed by atoms with Crippen LogP contribution >= 0.6 is 15.9 Å². The zero-order chi connectivity index (χ0) is 12.6. The number of Topliss-reactive ketones (excluding diaryl/α,β-unsaturated/α-hetero) is 1. The Kier molecular flexibility index (Phi) is 3.36. The molecule has 1 aromatic carbocycles. The minimum absolute atomic E-state index is 0.0441. The van der Waals surface area contributed by atoms with Gasteiger partial charge in [0.25, 0.3) is 0 Å². The minimum atomic E-state index is -3.09. The molecule has 0 radical (unpaired) electrons. The maximum Gasteiger partial charge on any atom is 0.167 e. The van der Waals surface area contributed by atoms with Crippen LogP contribution in [0.2, 0.25) is 0 Å². The maximum absolute atomic E-state index is 13.3. The SMILES string of the molecule is O=C(c1ccc(Br)c(F)c1)C1CCS(=O)(=O)C1. The topological polar surface area (TPSA) is 51.2 Å². The van der Waals surface area contributed by atoms with Crippen LogP contribution in [0.15, 0.2) is 22.7 Å². The largest absolute Gasteiger partial charge is 0.294 e. The Morgan fingerprint density at radius 2 is 2.12 bits per heavy atom. The van der Waals surface area contributed by atoms with Crippen LogP contribution < -0.4 is 0 Å². The molecule has 0 aromatic heterocycles. The van der Waals surface area contributed by atoms with Crippen LogP contribution in [0.25, 0.3) is 0 Å². The average Bonchev–Trinajstić information content (AvgIpc) is 2.62. The highest BCUT2D eigenvalue weighted by atomic mass is 79.9. The predicted molar refractivity (Wildman–Crippen MR) is 65.2 cm³/mol. The van der Waals surface area contributed by atoms with Crippen molar-refractivity contribution in [1.29, 1.82) is 0 Å². The molecule has 1 aliphatic rings. The van der Waals surface area contributed by atoms with Gasteiger partial charge in [0.2, 0.25) is 0 Å². The van der Waals surface area contributed by atoms with Gasteiger partial charge in [0.05, 0.1) is 16.0 Å². The normalized spacial score (nSPS) is 22.6. The molecule has 1 atom stereocenters. The summed E-state index contributed by atoms with van der Waals surface area (Å²) in [6, 6.07) is 4.09. The fraction of sp³-hybridized carbons (Fsp3) is 0.364. The quantitative estimate of drug-likeness (QED) is 0.785. The van der Waals surface area contributed by atoms with Crippen molar-refractivity contribution in [2.45, 2.75) is 6.42 Å². The molecular formula is C11H10BrFO3S. The third kappa shape index (κ3) is 2.74. The first kappa shape index (κ1) is 12.7. The molecule has 0 amide bonds. The van der Waals surface area contributed by atoms with Crippen molar-refractivity contribution in [3.63, 3.8) is 0 Å². The van der Waals surface area contributed by atoms with Crippen LogP contribution in [0.4, 0.5) is 4.39 Å². The molecule has 0 spiro atoms. The van der Waals surface area contributed by atoms with E-state index in [1.165, 1.54) is 12.1 Å². The lowest BCUT2D eigenvalue weighted by molar-refractivity contribution is 0.0933. The number of carbonyl (C=O) groups excluding carboxylic acids is 1. The van der Waals surface area contributed by atoms with Crippen LogP contribution in [-0.2, 0) is 9.84 Å². The molecule has 3 nitrogen and oxygen atoms in total. The Hall–Kier alpha value is -0.750. The van der Waals surface area contributed by atoms with E-state index in [9.17, 15) is 17.6 Å². The molecule has 1 aliphatic heterocycles. The maximum atomic E-state index is 13.3. The van der Waals surface area contributed by atoms with E-state index in [0.717, 1.165) is 6.07 Å². The van der Waals surface area contributed by atoms with Gasteiger partial charge in [0, 0.05) is 11.5 Å². The second kappa shape index (κ2) is 4.49. The first-order valence-corrected chi connectivity index (χ1v) is 7.70. The summed E-state index contributed by atoms with van der Waals surface area (Å²) in [6.07, 6.45) is 0.332. The van der Waals surface area contributed by atoms with E-state index in [1.807, 2.05) is 0 Å². The lowest BCUT2D eigenvalue weighted by Gasteiger charge is -2.07. The summed E-state index contributed by atoms with van der Waals surface area (Å²) in [7, 11) is -3.09. The lowest BCUT2D eigenvalue weighted by Crippen LogP contribution is -2.16. The van der Waals surface area contributed by atoms with Gasteiger partial charge in [-0.05, 0) is 34.5 Å². The van der Waals surface area contributed by atoms with Gasteiger partial charge in [-0.3, -0.25) is 4.79 Å². The molecule has 6 heteroatoms. The Morgan fingerprint density at radius 1 is 1.41 bits per heavy atom. The molecule has 0 aliphatic carbocycles. The first-order chi connectivity index (χ1) is 7.89. The van der Waals surface area contributed by atoms with Gasteiger partial charge in [-0.2, -0.15) is 0 Å². The Labute approximate surface area is 107 Å². The van der Waals surface area contributed by atoms with Crippen LogP contribution in [0.1, 0.15) is 16.8 Å². The molecule has 1 aromatic rings. The highest BCUT2D eigenvalue weighted by Crippen LogP contribution is 2.24. The summed E-state index contributed by atoms with van der Waals surface area (Å²) in [4.78, 5) is 12.0. The summed E-state index contributed by atoms with van der Waals surface area (Å²) < 4.78 is 36.1. The number of hydrogen-bond acceptors (Lipinski definition) is 3. The summed E-state index contributed by atoms with van der Waals surface area (Å²) >= 11 is 3.00. The van der Waals surface area contributed by atoms with Gasteiger partial charge >= 0.3 is 0 Å². The van der Waals surface area contributed by atoms with Crippen molar-refractivity contribution < 1.29 is 17.6 Å². The highest BCUT2D eigenvalue weighted by Gasteiger charge is 2.33. The van der Waals surface area contributed by atoms with Gasteiger partial charge in [0.15, 0.2) is 15.6 Å². The predicted octanol–water partition coefficient (Wildman–Crippen LogP) is 2.21. The second-order valence-electron chi connectivity index (χ2n) is 4.09. The summed E-state index contributed by atoms with van der Waals surface area (Å²) in [5, 5.41) is 0. The van der Waals surface area contributed by atoms with Gasteiger partial charge in [0.1, 0.15) is 5.82 Å². The zero-order valence-corrected chi connectivity index (χ0v) is 11.2. The Bertz CT molecular complexity index is 568. The monoisotopic (exact) mass is 320 g/mol. The van der Waals surface area contributed by atoms with Crippen LogP contribution in [0.5, 0.6) is 0 Å². The van der Waals surface area contributed by atoms with E-state index in [1.54, 1.807) is 0 Å². The van der Waals surface area contributed by atoms with Crippen LogP contribution in [0, 0.1) is 11.7 Å². The molecule has 1 saturated heterocycles. The molecule has 2 rings (SSSR count). The van der Waals surface area contributed by atoms with E-state index < -0.39 is 21.6 Å². The lowest BCUT2D eigenvalue weighted by atomic mass is 9.97. The number of hydrogen-bond donors (Lipinski definition) is 0. The van der Waals surface area contributed by atoms with Gasteiger partial charge in [-0.1, -0.05) is 6.07 Å². The zero-order valence-electron chi connectivity index (χ0n) is 8.82. The smallest absolute Gasteiger partial charge is 0.167 e. The van der Waals surface area contributed by atoms with Crippen LogP contribution in [0.3, 0.4) is 0 Å². The van der Waals surface area contributed by atoms with E-state index in [-0.39, 0.29) is 27.3 Å². The van der Waals surface area contributed by atoms with Gasteiger partial charge < -0.3 is 0 Å². The molecule has 0 bridgehead atoms. The van der Waals surface area contributed by atoms with Crippen molar-refractivity contribution in [3.8, 4) is 0 Å². The summed E-state index contributed by atoms with van der Waals surface area (Å²) in [5.41, 5.74) is 0.229. The number of ketones is 1. The van der Waals surface area contributed by atoms with Gasteiger partial charge in [-0.15, -0.1) is 0 Å². The number of rotatable bonds is 2.